The minimum atomic E-state index is -0.554. The number of imide groups is 1. The van der Waals surface area contributed by atoms with Crippen molar-refractivity contribution in [3.63, 3.8) is 0 Å². The van der Waals surface area contributed by atoms with Gasteiger partial charge in [0.2, 0.25) is 0 Å². The van der Waals surface area contributed by atoms with Gasteiger partial charge in [0.15, 0.2) is 12.0 Å². The summed E-state index contributed by atoms with van der Waals surface area (Å²) >= 11 is 6.17. The quantitative estimate of drug-likeness (QED) is 0.729. The Balaban J connectivity index is 1.83. The number of nitrogens with zero attached hydrogens (tertiary/aromatic N) is 4. The van der Waals surface area contributed by atoms with Crippen molar-refractivity contribution in [2.24, 2.45) is 4.99 Å². The van der Waals surface area contributed by atoms with Gasteiger partial charge in [-0.15, -0.1) is 0 Å². The molecule has 2 heterocycles. The second-order valence-corrected chi connectivity index (χ2v) is 7.24. The number of likely N-dealkylation sites (N-methyl/N-ethyl adjacent to an activating group) is 2. The highest BCUT2D eigenvalue weighted by molar-refractivity contribution is 6.31. The summed E-state index contributed by atoms with van der Waals surface area (Å²) in [5.74, 6) is 0.272. The van der Waals surface area contributed by atoms with Gasteiger partial charge in [-0.2, -0.15) is 0 Å². The summed E-state index contributed by atoms with van der Waals surface area (Å²) in [5.41, 5.74) is 1.74. The van der Waals surface area contributed by atoms with Crippen LogP contribution in [0.5, 0.6) is 0 Å². The van der Waals surface area contributed by atoms with Crippen LogP contribution in [-0.4, -0.2) is 77.2 Å². The van der Waals surface area contributed by atoms with Gasteiger partial charge in [0.25, 0.3) is 5.91 Å². The van der Waals surface area contributed by atoms with Crippen molar-refractivity contribution in [2.45, 2.75) is 32.1 Å². The number of fused-ring (bicyclic) bond motifs is 1. The summed E-state index contributed by atoms with van der Waals surface area (Å²) in [6, 6.07) is 4.60. The van der Waals surface area contributed by atoms with Crippen LogP contribution in [0.4, 0.5) is 4.79 Å². The molecule has 2 saturated heterocycles. The van der Waals surface area contributed by atoms with E-state index >= 15 is 0 Å². The van der Waals surface area contributed by atoms with Gasteiger partial charge in [0.1, 0.15) is 6.17 Å². The van der Waals surface area contributed by atoms with Gasteiger partial charge < -0.3 is 20.2 Å². The number of carbonyl (C=O) groups is 2. The number of aryl methyl sites for hydroxylation is 1. The topological polar surface area (TPSA) is 88.5 Å². The summed E-state index contributed by atoms with van der Waals surface area (Å²) in [4.78, 5) is 34.8. The van der Waals surface area contributed by atoms with E-state index in [1.54, 1.807) is 25.1 Å². The van der Waals surface area contributed by atoms with Crippen LogP contribution < -0.4 is 5.32 Å². The highest BCUT2D eigenvalue weighted by atomic mass is 35.5. The minimum Gasteiger partial charge on any atom is -0.396 e. The van der Waals surface area contributed by atoms with Crippen molar-refractivity contribution in [3.05, 3.63) is 34.3 Å². The Bertz CT molecular complexity index is 784. The lowest BCUT2D eigenvalue weighted by molar-refractivity contribution is -0.137. The molecule has 2 aliphatic rings. The van der Waals surface area contributed by atoms with E-state index in [1.807, 2.05) is 19.1 Å². The van der Waals surface area contributed by atoms with Gasteiger partial charge in [0.05, 0.1) is 6.54 Å². The fourth-order valence-electron chi connectivity index (χ4n) is 3.30. The minimum absolute atomic E-state index is 0.0531. The number of carbonyl (C=O) groups excluding carboxylic acids is 2. The molecular weight excluding hydrogens is 370 g/mol. The fourth-order valence-corrected chi connectivity index (χ4v) is 3.51. The van der Waals surface area contributed by atoms with E-state index in [0.29, 0.717) is 23.9 Å². The van der Waals surface area contributed by atoms with E-state index in [1.165, 1.54) is 9.80 Å². The zero-order valence-corrected chi connectivity index (χ0v) is 16.4. The van der Waals surface area contributed by atoms with E-state index in [-0.39, 0.29) is 25.1 Å². The fraction of sp³-hybridized carbons (Fsp3) is 0.500. The molecule has 2 aliphatic heterocycles. The standard InChI is InChI=1S/C18H24ClN5O3/c1-11-5-6-12(9-13(11)19)10-24-16(26)14-15(23(3)18(24)27)21-17(22(14)2)20-7-4-8-25/h5-6,9,14-15,25H,4,7-8,10H2,1-3H3,(H,20,21). The van der Waals surface area contributed by atoms with Gasteiger partial charge in [-0.25, -0.2) is 4.79 Å². The van der Waals surface area contributed by atoms with Crippen molar-refractivity contribution in [1.29, 1.82) is 0 Å². The van der Waals surface area contributed by atoms with Crippen LogP contribution in [-0.2, 0) is 11.3 Å². The lowest BCUT2D eigenvalue weighted by atomic mass is 10.1. The number of hydrogen-bond acceptors (Lipinski definition) is 4. The molecule has 0 aliphatic carbocycles. The molecule has 2 N–H and O–H groups in total. The number of hydrogen-bond donors (Lipinski definition) is 2. The number of rotatable bonds is 5. The normalized spacial score (nSPS) is 23.9. The second kappa shape index (κ2) is 7.74. The average Bonchev–Trinajstić information content (AvgIpc) is 2.97. The van der Waals surface area contributed by atoms with E-state index in [2.05, 4.69) is 10.3 Å². The first-order valence-corrected chi connectivity index (χ1v) is 9.21. The monoisotopic (exact) mass is 393 g/mol. The number of guanidine groups is 1. The molecule has 9 heteroatoms. The van der Waals surface area contributed by atoms with Gasteiger partial charge in [-0.1, -0.05) is 23.7 Å². The third-order valence-electron chi connectivity index (χ3n) is 4.95. The first kappa shape index (κ1) is 19.4. The summed E-state index contributed by atoms with van der Waals surface area (Å²) in [5, 5.41) is 12.7. The molecule has 2 atom stereocenters. The Morgan fingerprint density at radius 2 is 2.00 bits per heavy atom. The maximum Gasteiger partial charge on any atom is 0.328 e. The number of aliphatic hydroxyl groups excluding tert-OH is 1. The first-order valence-electron chi connectivity index (χ1n) is 8.83. The molecule has 3 amide bonds. The number of aliphatic imine (C=N–C) groups is 1. The van der Waals surface area contributed by atoms with Crippen LogP contribution in [0.3, 0.4) is 0 Å². The molecule has 2 unspecified atom stereocenters. The highest BCUT2D eigenvalue weighted by Crippen LogP contribution is 2.26. The summed E-state index contributed by atoms with van der Waals surface area (Å²) < 4.78 is 0. The van der Waals surface area contributed by atoms with Crippen LogP contribution in [0.1, 0.15) is 17.5 Å². The summed E-state index contributed by atoms with van der Waals surface area (Å²) in [6.07, 6.45) is 0.0675. The van der Waals surface area contributed by atoms with E-state index < -0.39 is 12.2 Å². The molecule has 0 saturated carbocycles. The van der Waals surface area contributed by atoms with Crippen molar-refractivity contribution < 1.29 is 14.7 Å². The number of amides is 3. The zero-order valence-electron chi connectivity index (χ0n) is 15.6. The molecule has 0 bridgehead atoms. The molecule has 2 fully saturated rings. The number of halogens is 1. The summed E-state index contributed by atoms with van der Waals surface area (Å²) in [7, 11) is 3.44. The average molecular weight is 394 g/mol. The van der Waals surface area contributed by atoms with Crippen LogP contribution in [0, 0.1) is 6.92 Å². The second-order valence-electron chi connectivity index (χ2n) is 6.83. The SMILES string of the molecule is Cc1ccc(CN2C(=O)C3C(NC(=NCCCO)N3C)N(C)C2=O)cc1Cl. The Morgan fingerprint density at radius 3 is 2.67 bits per heavy atom. The van der Waals surface area contributed by atoms with Gasteiger partial charge in [-0.05, 0) is 30.5 Å². The number of benzene rings is 1. The Hall–Kier alpha value is -2.32. The van der Waals surface area contributed by atoms with Crippen LogP contribution >= 0.6 is 11.6 Å². The van der Waals surface area contributed by atoms with Crippen molar-refractivity contribution >= 4 is 29.5 Å². The largest absolute Gasteiger partial charge is 0.396 e. The molecular formula is C18H24ClN5O3. The van der Waals surface area contributed by atoms with Crippen LogP contribution in [0.15, 0.2) is 23.2 Å². The molecule has 1 aromatic carbocycles. The molecule has 1 aromatic rings. The molecule has 8 nitrogen and oxygen atoms in total. The molecule has 146 valence electrons. The molecule has 0 aromatic heterocycles. The van der Waals surface area contributed by atoms with E-state index in [4.69, 9.17) is 16.7 Å². The predicted octanol–water partition coefficient (Wildman–Crippen LogP) is 1.01. The molecule has 27 heavy (non-hydrogen) atoms. The third kappa shape index (κ3) is 3.59. The Labute approximate surface area is 163 Å². The van der Waals surface area contributed by atoms with Crippen molar-refractivity contribution in [2.75, 3.05) is 27.2 Å². The highest BCUT2D eigenvalue weighted by Gasteiger charge is 2.51. The van der Waals surface area contributed by atoms with Gasteiger partial charge in [-0.3, -0.25) is 14.7 Å². The van der Waals surface area contributed by atoms with Gasteiger partial charge >= 0.3 is 6.03 Å². The Kier molecular flexibility index (Phi) is 5.57. The smallest absolute Gasteiger partial charge is 0.328 e. The molecule has 0 spiro atoms. The van der Waals surface area contributed by atoms with Crippen molar-refractivity contribution in [1.82, 2.24) is 20.0 Å². The predicted molar refractivity (Wildman–Crippen MR) is 102 cm³/mol. The van der Waals surface area contributed by atoms with Gasteiger partial charge in [0, 0.05) is 32.3 Å². The summed E-state index contributed by atoms with van der Waals surface area (Å²) in [6.45, 7) is 2.56. The third-order valence-corrected chi connectivity index (χ3v) is 5.36. The Morgan fingerprint density at radius 1 is 1.26 bits per heavy atom. The van der Waals surface area contributed by atoms with E-state index in [9.17, 15) is 9.59 Å². The molecule has 0 radical (unpaired) electrons. The number of nitrogens with one attached hydrogen (secondary N) is 1. The number of aliphatic hydroxyl groups is 1. The first-order chi connectivity index (χ1) is 12.8. The van der Waals surface area contributed by atoms with E-state index in [0.717, 1.165) is 11.1 Å². The maximum atomic E-state index is 13.1. The van der Waals surface area contributed by atoms with Crippen LogP contribution in [0.2, 0.25) is 5.02 Å². The maximum absolute atomic E-state index is 13.1. The van der Waals surface area contributed by atoms with Crippen molar-refractivity contribution in [3.8, 4) is 0 Å². The zero-order chi connectivity index (χ0) is 19.7. The van der Waals surface area contributed by atoms with Crippen LogP contribution in [0.25, 0.3) is 0 Å². The number of urea groups is 1. The molecule has 3 rings (SSSR count). The lowest BCUT2D eigenvalue weighted by Crippen LogP contribution is -2.65. The lowest BCUT2D eigenvalue weighted by Gasteiger charge is -2.40.